The number of anilines is 1. The molecule has 0 heterocycles. The lowest BCUT2D eigenvalue weighted by Gasteiger charge is -2.12. The number of nitrogens with one attached hydrogen (secondary N) is 1. The molecule has 2 aromatic carbocycles. The van der Waals surface area contributed by atoms with E-state index in [-0.39, 0.29) is 0 Å². The lowest BCUT2D eigenvalue weighted by atomic mass is 10.1. The first-order valence-electron chi connectivity index (χ1n) is 6.13. The van der Waals surface area contributed by atoms with Gasteiger partial charge in [-0.1, -0.05) is 35.9 Å². The summed E-state index contributed by atoms with van der Waals surface area (Å²) in [5.41, 5.74) is 5.24. The molecule has 0 unspecified atom stereocenters. The molecule has 0 fully saturated rings. The summed E-state index contributed by atoms with van der Waals surface area (Å²) in [7, 11) is 0. The minimum atomic E-state index is 0.880. The van der Waals surface area contributed by atoms with Crippen LogP contribution in [0.1, 0.15) is 16.7 Å². The van der Waals surface area contributed by atoms with Crippen LogP contribution in [0.3, 0.4) is 0 Å². The summed E-state index contributed by atoms with van der Waals surface area (Å²) in [6.45, 7) is 5.18. The Morgan fingerprint density at radius 1 is 1.06 bits per heavy atom. The fourth-order valence-corrected chi connectivity index (χ4v) is 2.55. The van der Waals surface area contributed by atoms with Gasteiger partial charge in [-0.25, -0.2) is 0 Å². The molecule has 1 N–H and O–H groups in total. The molecule has 0 aliphatic rings. The van der Waals surface area contributed by atoms with Crippen LogP contribution in [0.5, 0.6) is 0 Å². The van der Waals surface area contributed by atoms with E-state index >= 15 is 0 Å². The SMILES string of the molecule is CSc1ccccc1NCc1cc(C)ccc1C. The predicted octanol–water partition coefficient (Wildman–Crippen LogP) is 4.64. The van der Waals surface area contributed by atoms with Gasteiger partial charge < -0.3 is 5.32 Å². The van der Waals surface area contributed by atoms with Crippen LogP contribution in [0.4, 0.5) is 5.69 Å². The first-order valence-corrected chi connectivity index (χ1v) is 7.36. The fraction of sp³-hybridized carbons (Fsp3) is 0.250. The second kappa shape index (κ2) is 5.96. The van der Waals surface area contributed by atoms with Gasteiger partial charge in [-0.05, 0) is 43.4 Å². The molecule has 0 aromatic heterocycles. The third kappa shape index (κ3) is 3.08. The molecule has 0 amide bonds. The van der Waals surface area contributed by atoms with Crippen molar-refractivity contribution in [2.24, 2.45) is 0 Å². The summed E-state index contributed by atoms with van der Waals surface area (Å²) in [6.07, 6.45) is 2.11. The second-order valence-corrected chi connectivity index (χ2v) is 5.33. The molecule has 0 spiro atoms. The molecule has 94 valence electrons. The highest BCUT2D eigenvalue weighted by Crippen LogP contribution is 2.25. The zero-order valence-corrected chi connectivity index (χ0v) is 12.0. The predicted molar refractivity (Wildman–Crippen MR) is 81.5 cm³/mol. The maximum Gasteiger partial charge on any atom is 0.0480 e. The van der Waals surface area contributed by atoms with Gasteiger partial charge in [-0.3, -0.25) is 0 Å². The zero-order chi connectivity index (χ0) is 13.0. The zero-order valence-electron chi connectivity index (χ0n) is 11.2. The number of hydrogen-bond donors (Lipinski definition) is 1. The minimum Gasteiger partial charge on any atom is -0.380 e. The van der Waals surface area contributed by atoms with Crippen molar-refractivity contribution in [1.29, 1.82) is 0 Å². The van der Waals surface area contributed by atoms with Crippen molar-refractivity contribution in [2.75, 3.05) is 11.6 Å². The van der Waals surface area contributed by atoms with Crippen molar-refractivity contribution in [1.82, 2.24) is 0 Å². The molecule has 2 heteroatoms. The number of para-hydroxylation sites is 1. The quantitative estimate of drug-likeness (QED) is 0.801. The van der Waals surface area contributed by atoms with E-state index < -0.39 is 0 Å². The van der Waals surface area contributed by atoms with Crippen LogP contribution in [0.25, 0.3) is 0 Å². The molecular formula is C16H19NS. The molecule has 0 saturated heterocycles. The second-order valence-electron chi connectivity index (χ2n) is 4.48. The summed E-state index contributed by atoms with van der Waals surface area (Å²) >= 11 is 1.78. The van der Waals surface area contributed by atoms with Crippen molar-refractivity contribution >= 4 is 17.4 Å². The molecular weight excluding hydrogens is 238 g/mol. The van der Waals surface area contributed by atoms with Gasteiger partial charge in [-0.15, -0.1) is 11.8 Å². The maximum atomic E-state index is 3.53. The molecule has 18 heavy (non-hydrogen) atoms. The number of benzene rings is 2. The molecule has 0 aliphatic carbocycles. The highest BCUT2D eigenvalue weighted by molar-refractivity contribution is 7.98. The van der Waals surface area contributed by atoms with E-state index in [2.05, 4.69) is 67.9 Å². The first-order chi connectivity index (χ1) is 8.70. The van der Waals surface area contributed by atoms with E-state index in [0.717, 1.165) is 6.54 Å². The van der Waals surface area contributed by atoms with Crippen LogP contribution in [0.15, 0.2) is 47.4 Å². The normalized spacial score (nSPS) is 10.4. The molecule has 2 aromatic rings. The van der Waals surface area contributed by atoms with Crippen LogP contribution in [0.2, 0.25) is 0 Å². The van der Waals surface area contributed by atoms with E-state index in [1.54, 1.807) is 11.8 Å². The van der Waals surface area contributed by atoms with Crippen molar-refractivity contribution < 1.29 is 0 Å². The Kier molecular flexibility index (Phi) is 4.32. The number of aryl methyl sites for hydroxylation is 2. The van der Waals surface area contributed by atoms with Crippen molar-refractivity contribution in [3.05, 3.63) is 59.2 Å². The summed E-state index contributed by atoms with van der Waals surface area (Å²) in [4.78, 5) is 1.29. The van der Waals surface area contributed by atoms with Crippen LogP contribution in [-0.4, -0.2) is 6.26 Å². The Morgan fingerprint density at radius 2 is 1.83 bits per heavy atom. The molecule has 0 bridgehead atoms. The first kappa shape index (κ1) is 13.0. The van der Waals surface area contributed by atoms with Gasteiger partial charge in [0.1, 0.15) is 0 Å². The van der Waals surface area contributed by atoms with E-state index in [1.807, 2.05) is 0 Å². The van der Waals surface area contributed by atoms with Crippen molar-refractivity contribution in [2.45, 2.75) is 25.3 Å². The summed E-state index contributed by atoms with van der Waals surface area (Å²) in [5.74, 6) is 0. The average molecular weight is 257 g/mol. The largest absolute Gasteiger partial charge is 0.380 e. The fourth-order valence-electron chi connectivity index (χ4n) is 1.97. The number of thioether (sulfide) groups is 1. The Labute approximate surface area is 114 Å². The van der Waals surface area contributed by atoms with Crippen LogP contribution < -0.4 is 5.32 Å². The monoisotopic (exact) mass is 257 g/mol. The molecule has 0 atom stereocenters. The Bertz CT molecular complexity index is 534. The highest BCUT2D eigenvalue weighted by atomic mass is 32.2. The minimum absolute atomic E-state index is 0.880. The average Bonchev–Trinajstić information content (AvgIpc) is 2.40. The third-order valence-corrected chi connectivity index (χ3v) is 3.88. The van der Waals surface area contributed by atoms with E-state index in [4.69, 9.17) is 0 Å². The topological polar surface area (TPSA) is 12.0 Å². The van der Waals surface area contributed by atoms with Crippen LogP contribution in [0, 0.1) is 13.8 Å². The molecule has 0 aliphatic heterocycles. The van der Waals surface area contributed by atoms with Gasteiger partial charge in [0.2, 0.25) is 0 Å². The smallest absolute Gasteiger partial charge is 0.0480 e. The Hall–Kier alpha value is -1.41. The van der Waals surface area contributed by atoms with E-state index in [1.165, 1.54) is 27.3 Å². The van der Waals surface area contributed by atoms with Gasteiger partial charge in [0.25, 0.3) is 0 Å². The van der Waals surface area contributed by atoms with E-state index in [9.17, 15) is 0 Å². The van der Waals surface area contributed by atoms with Crippen LogP contribution in [-0.2, 0) is 6.54 Å². The van der Waals surface area contributed by atoms with Gasteiger partial charge >= 0.3 is 0 Å². The molecule has 0 radical (unpaired) electrons. The van der Waals surface area contributed by atoms with Gasteiger partial charge in [0, 0.05) is 17.1 Å². The lowest BCUT2D eigenvalue weighted by molar-refractivity contribution is 1.10. The van der Waals surface area contributed by atoms with Crippen molar-refractivity contribution in [3.8, 4) is 0 Å². The lowest BCUT2D eigenvalue weighted by Crippen LogP contribution is -2.02. The maximum absolute atomic E-state index is 3.53. The van der Waals surface area contributed by atoms with Gasteiger partial charge in [-0.2, -0.15) is 0 Å². The van der Waals surface area contributed by atoms with Gasteiger partial charge in [0.15, 0.2) is 0 Å². The van der Waals surface area contributed by atoms with Gasteiger partial charge in [0.05, 0.1) is 0 Å². The van der Waals surface area contributed by atoms with Crippen LogP contribution >= 0.6 is 11.8 Å². The highest BCUT2D eigenvalue weighted by Gasteiger charge is 2.02. The van der Waals surface area contributed by atoms with Crippen molar-refractivity contribution in [3.63, 3.8) is 0 Å². The number of rotatable bonds is 4. The van der Waals surface area contributed by atoms with E-state index in [0.29, 0.717) is 0 Å². The summed E-state index contributed by atoms with van der Waals surface area (Å²) < 4.78 is 0. The number of hydrogen-bond acceptors (Lipinski definition) is 2. The summed E-state index contributed by atoms with van der Waals surface area (Å²) in [6, 6.07) is 15.0. The molecule has 1 nitrogen and oxygen atoms in total. The Balaban J connectivity index is 2.14. The Morgan fingerprint density at radius 3 is 2.61 bits per heavy atom. The third-order valence-electron chi connectivity index (χ3n) is 3.08. The standard InChI is InChI=1S/C16H19NS/c1-12-8-9-13(2)14(10-12)11-17-15-6-4-5-7-16(15)18-3/h4-10,17H,11H2,1-3H3. The molecule has 2 rings (SSSR count). The summed E-state index contributed by atoms with van der Waals surface area (Å²) in [5, 5.41) is 3.53. The molecule has 0 saturated carbocycles.